The van der Waals surface area contributed by atoms with E-state index in [9.17, 15) is 5.11 Å². The second kappa shape index (κ2) is 5.32. The lowest BCUT2D eigenvalue weighted by Gasteiger charge is -2.32. The third kappa shape index (κ3) is 2.54. The van der Waals surface area contributed by atoms with Crippen LogP contribution >= 0.6 is 0 Å². The van der Waals surface area contributed by atoms with Gasteiger partial charge in [-0.05, 0) is 37.6 Å². The van der Waals surface area contributed by atoms with Gasteiger partial charge in [-0.2, -0.15) is 0 Å². The minimum Gasteiger partial charge on any atom is -0.497 e. The molecular weight excluding hydrogens is 202 g/mol. The number of benzene rings is 1. The molecule has 0 amide bonds. The van der Waals surface area contributed by atoms with Crippen molar-refractivity contribution < 1.29 is 9.84 Å². The number of rotatable bonds is 5. The van der Waals surface area contributed by atoms with Crippen LogP contribution in [0.2, 0.25) is 0 Å². The second-order valence-corrected chi connectivity index (χ2v) is 4.22. The number of methoxy groups -OCH3 is 1. The predicted octanol–water partition coefficient (Wildman–Crippen LogP) is 1.89. The van der Waals surface area contributed by atoms with Gasteiger partial charge in [-0.15, -0.1) is 0 Å². The van der Waals surface area contributed by atoms with Crippen LogP contribution in [0.5, 0.6) is 5.75 Å². The van der Waals surface area contributed by atoms with Crippen molar-refractivity contribution in [3.8, 4) is 5.75 Å². The van der Waals surface area contributed by atoms with Gasteiger partial charge in [-0.1, -0.05) is 19.1 Å². The fraction of sp³-hybridized carbons (Fsp3) is 0.538. The number of aliphatic hydroxyl groups is 1. The molecule has 90 valence electrons. The molecule has 3 N–H and O–H groups in total. The molecule has 0 spiro atoms. The molecule has 0 fully saturated rings. The fourth-order valence-corrected chi connectivity index (χ4v) is 1.97. The molecule has 0 aromatic heterocycles. The summed E-state index contributed by atoms with van der Waals surface area (Å²) in [5.74, 6) is 0.809. The molecule has 3 nitrogen and oxygen atoms in total. The molecule has 0 aliphatic carbocycles. The van der Waals surface area contributed by atoms with E-state index in [1.807, 2.05) is 38.1 Å². The fourth-order valence-electron chi connectivity index (χ4n) is 1.97. The number of ether oxygens (including phenoxy) is 1. The van der Waals surface area contributed by atoms with E-state index in [1.165, 1.54) is 0 Å². The Morgan fingerprint density at radius 3 is 2.69 bits per heavy atom. The van der Waals surface area contributed by atoms with Gasteiger partial charge in [-0.25, -0.2) is 0 Å². The van der Waals surface area contributed by atoms with Crippen molar-refractivity contribution in [2.45, 2.75) is 25.9 Å². The van der Waals surface area contributed by atoms with Gasteiger partial charge in [0, 0.05) is 5.92 Å². The van der Waals surface area contributed by atoms with Crippen molar-refractivity contribution in [3.63, 3.8) is 0 Å². The number of hydrogen-bond donors (Lipinski definition) is 2. The highest BCUT2D eigenvalue weighted by atomic mass is 16.5. The van der Waals surface area contributed by atoms with Crippen molar-refractivity contribution in [2.75, 3.05) is 13.7 Å². The van der Waals surface area contributed by atoms with Gasteiger partial charge in [0.05, 0.1) is 12.7 Å². The van der Waals surface area contributed by atoms with Gasteiger partial charge in [0.25, 0.3) is 0 Å². The summed E-state index contributed by atoms with van der Waals surface area (Å²) < 4.78 is 5.15. The predicted molar refractivity (Wildman–Crippen MR) is 65.4 cm³/mol. The average Bonchev–Trinajstić information content (AvgIpc) is 2.30. The Morgan fingerprint density at radius 1 is 1.50 bits per heavy atom. The van der Waals surface area contributed by atoms with Crippen LogP contribution in [0.25, 0.3) is 0 Å². The van der Waals surface area contributed by atoms with E-state index >= 15 is 0 Å². The normalized spacial score (nSPS) is 16.6. The zero-order valence-corrected chi connectivity index (χ0v) is 10.2. The van der Waals surface area contributed by atoms with Gasteiger partial charge >= 0.3 is 0 Å². The maximum absolute atomic E-state index is 10.5. The van der Waals surface area contributed by atoms with Crippen LogP contribution in [0.3, 0.4) is 0 Å². The van der Waals surface area contributed by atoms with Gasteiger partial charge < -0.3 is 15.6 Å². The van der Waals surface area contributed by atoms with Crippen molar-refractivity contribution in [1.29, 1.82) is 0 Å². The van der Waals surface area contributed by atoms with Crippen molar-refractivity contribution >= 4 is 0 Å². The van der Waals surface area contributed by atoms with Crippen LogP contribution < -0.4 is 10.5 Å². The van der Waals surface area contributed by atoms with Gasteiger partial charge in [0.2, 0.25) is 0 Å². The van der Waals surface area contributed by atoms with Crippen molar-refractivity contribution in [2.24, 2.45) is 11.7 Å². The Balaban J connectivity index is 3.04. The molecule has 3 heteroatoms. The van der Waals surface area contributed by atoms with E-state index in [0.717, 1.165) is 17.7 Å². The minimum atomic E-state index is -0.905. The maximum Gasteiger partial charge on any atom is 0.119 e. The molecule has 0 bridgehead atoms. The summed E-state index contributed by atoms with van der Waals surface area (Å²) in [4.78, 5) is 0. The summed E-state index contributed by atoms with van der Waals surface area (Å²) in [7, 11) is 1.62. The first-order chi connectivity index (χ1) is 7.56. The molecule has 1 aromatic carbocycles. The molecule has 0 saturated heterocycles. The lowest BCUT2D eigenvalue weighted by Crippen LogP contribution is -2.36. The molecule has 16 heavy (non-hydrogen) atoms. The van der Waals surface area contributed by atoms with E-state index in [0.29, 0.717) is 6.54 Å². The highest BCUT2D eigenvalue weighted by Gasteiger charge is 2.31. The number of nitrogens with two attached hydrogens (primary N) is 1. The average molecular weight is 223 g/mol. The summed E-state index contributed by atoms with van der Waals surface area (Å²) in [6.45, 7) is 4.32. The van der Waals surface area contributed by atoms with Crippen LogP contribution in [0, 0.1) is 5.92 Å². The third-order valence-electron chi connectivity index (χ3n) is 3.23. The quantitative estimate of drug-likeness (QED) is 0.801. The summed E-state index contributed by atoms with van der Waals surface area (Å²) >= 11 is 0. The standard InChI is InChI=1S/C13H21NO2/c1-4-10(9-14)13(2,15)11-6-5-7-12(8-11)16-3/h5-8,10,15H,4,9,14H2,1-3H3. The third-order valence-corrected chi connectivity index (χ3v) is 3.23. The molecule has 1 rings (SSSR count). The summed E-state index contributed by atoms with van der Waals surface area (Å²) in [6, 6.07) is 7.51. The Labute approximate surface area is 97.2 Å². The zero-order chi connectivity index (χ0) is 12.2. The molecule has 0 radical (unpaired) electrons. The first kappa shape index (κ1) is 13.0. The molecule has 0 saturated carbocycles. The highest BCUT2D eigenvalue weighted by Crippen LogP contribution is 2.32. The summed E-state index contributed by atoms with van der Waals surface area (Å²) in [5.41, 5.74) is 5.63. The Hall–Kier alpha value is -1.06. The first-order valence-corrected chi connectivity index (χ1v) is 5.63. The second-order valence-electron chi connectivity index (χ2n) is 4.22. The van der Waals surface area contributed by atoms with Gasteiger partial charge in [0.15, 0.2) is 0 Å². The molecular formula is C13H21NO2. The van der Waals surface area contributed by atoms with E-state index in [2.05, 4.69) is 0 Å². The van der Waals surface area contributed by atoms with Crippen LogP contribution in [-0.2, 0) is 5.60 Å². The largest absolute Gasteiger partial charge is 0.497 e. The van der Waals surface area contributed by atoms with Crippen LogP contribution in [0.1, 0.15) is 25.8 Å². The minimum absolute atomic E-state index is 0.0552. The molecule has 2 atom stereocenters. The summed E-state index contributed by atoms with van der Waals surface area (Å²) in [5, 5.41) is 10.5. The smallest absolute Gasteiger partial charge is 0.119 e. The summed E-state index contributed by atoms with van der Waals surface area (Å²) in [6.07, 6.45) is 0.848. The van der Waals surface area contributed by atoms with E-state index in [-0.39, 0.29) is 5.92 Å². The number of hydrogen-bond acceptors (Lipinski definition) is 3. The molecule has 0 heterocycles. The molecule has 0 aliphatic rings. The van der Waals surface area contributed by atoms with Gasteiger partial charge in [-0.3, -0.25) is 0 Å². The van der Waals surface area contributed by atoms with E-state index in [1.54, 1.807) is 7.11 Å². The van der Waals surface area contributed by atoms with E-state index in [4.69, 9.17) is 10.5 Å². The lowest BCUT2D eigenvalue weighted by molar-refractivity contribution is -0.00418. The Kier molecular flexibility index (Phi) is 4.33. The van der Waals surface area contributed by atoms with Crippen molar-refractivity contribution in [1.82, 2.24) is 0 Å². The Morgan fingerprint density at radius 2 is 2.19 bits per heavy atom. The molecule has 2 unspecified atom stereocenters. The maximum atomic E-state index is 10.5. The van der Waals surface area contributed by atoms with Crippen molar-refractivity contribution in [3.05, 3.63) is 29.8 Å². The van der Waals surface area contributed by atoms with Gasteiger partial charge in [0.1, 0.15) is 5.75 Å². The molecule has 1 aromatic rings. The lowest BCUT2D eigenvalue weighted by atomic mass is 9.81. The first-order valence-electron chi connectivity index (χ1n) is 5.63. The topological polar surface area (TPSA) is 55.5 Å². The van der Waals surface area contributed by atoms with Crippen LogP contribution in [0.4, 0.5) is 0 Å². The Bertz CT molecular complexity index is 332. The monoisotopic (exact) mass is 223 g/mol. The zero-order valence-electron chi connectivity index (χ0n) is 10.2. The highest BCUT2D eigenvalue weighted by molar-refractivity contribution is 5.32. The molecule has 0 aliphatic heterocycles. The SMILES string of the molecule is CCC(CN)C(C)(O)c1cccc(OC)c1. The van der Waals surface area contributed by atoms with Crippen LogP contribution in [-0.4, -0.2) is 18.8 Å². The van der Waals surface area contributed by atoms with E-state index < -0.39 is 5.60 Å². The van der Waals surface area contributed by atoms with Crippen LogP contribution in [0.15, 0.2) is 24.3 Å².